The summed E-state index contributed by atoms with van der Waals surface area (Å²) in [6, 6.07) is 15.1. The predicted molar refractivity (Wildman–Crippen MR) is 91.3 cm³/mol. The van der Waals surface area contributed by atoms with Crippen LogP contribution in [0.3, 0.4) is 0 Å². The van der Waals surface area contributed by atoms with Crippen LogP contribution in [-0.2, 0) is 0 Å². The van der Waals surface area contributed by atoms with Crippen molar-refractivity contribution in [2.45, 2.75) is 12.8 Å². The fraction of sp³-hybridized carbons (Fsp3) is 0.118. The molecule has 1 atom stereocenters. The average Bonchev–Trinajstić information content (AvgIpc) is 3.32. The molecule has 124 valence electrons. The Morgan fingerprint density at radius 1 is 1.12 bits per heavy atom. The van der Waals surface area contributed by atoms with Gasteiger partial charge in [-0.3, -0.25) is 9.89 Å². The van der Waals surface area contributed by atoms with Gasteiger partial charge in [0.15, 0.2) is 5.82 Å². The maximum atomic E-state index is 12.4. The molecule has 0 fully saturated rings. The Morgan fingerprint density at radius 2 is 1.96 bits per heavy atom. The van der Waals surface area contributed by atoms with Crippen LogP contribution >= 0.6 is 0 Å². The first-order valence-electron chi connectivity index (χ1n) is 7.79. The van der Waals surface area contributed by atoms with E-state index < -0.39 is 0 Å². The third-order valence-electron chi connectivity index (χ3n) is 4.08. The molecule has 0 bridgehead atoms. The van der Waals surface area contributed by atoms with Gasteiger partial charge < -0.3 is 0 Å². The summed E-state index contributed by atoms with van der Waals surface area (Å²) in [5.74, 6) is 0.982. The molecule has 0 amide bonds. The lowest BCUT2D eigenvalue weighted by Crippen LogP contribution is -2.14. The fourth-order valence-corrected chi connectivity index (χ4v) is 2.69. The van der Waals surface area contributed by atoms with Gasteiger partial charge in [0.05, 0.1) is 0 Å². The average molecular weight is 333 g/mol. The van der Waals surface area contributed by atoms with Gasteiger partial charge in [0, 0.05) is 29.4 Å². The summed E-state index contributed by atoms with van der Waals surface area (Å²) in [5.41, 5.74) is 2.50. The second-order valence-electron chi connectivity index (χ2n) is 5.66. The Bertz CT molecular complexity index is 1030. The van der Waals surface area contributed by atoms with Gasteiger partial charge >= 0.3 is 0 Å². The van der Waals surface area contributed by atoms with E-state index in [9.17, 15) is 4.79 Å². The molecule has 4 rings (SSSR count). The minimum atomic E-state index is -0.171. The molecule has 0 aliphatic heterocycles. The summed E-state index contributed by atoms with van der Waals surface area (Å²) >= 11 is 0. The van der Waals surface area contributed by atoms with Crippen LogP contribution in [0.1, 0.15) is 24.1 Å². The van der Waals surface area contributed by atoms with E-state index in [2.05, 4.69) is 30.7 Å². The lowest BCUT2D eigenvalue weighted by atomic mass is 9.98. The SMILES string of the molecule is CC(c1ccccc1)c1cc(=O)n(-c2cc(-c3nn[nH]n3)ccn2)[nH]1. The second-order valence-corrected chi connectivity index (χ2v) is 5.66. The molecule has 2 N–H and O–H groups in total. The van der Waals surface area contributed by atoms with Gasteiger partial charge in [-0.15, -0.1) is 10.2 Å². The van der Waals surface area contributed by atoms with Gasteiger partial charge in [0.2, 0.25) is 5.82 Å². The number of pyridine rings is 1. The van der Waals surface area contributed by atoms with Gasteiger partial charge in [-0.05, 0) is 22.9 Å². The fourth-order valence-electron chi connectivity index (χ4n) is 2.69. The first-order chi connectivity index (χ1) is 12.2. The van der Waals surface area contributed by atoms with E-state index in [-0.39, 0.29) is 11.5 Å². The van der Waals surface area contributed by atoms with Crippen molar-refractivity contribution in [2.75, 3.05) is 0 Å². The number of aromatic amines is 2. The van der Waals surface area contributed by atoms with Crippen LogP contribution in [0.25, 0.3) is 17.2 Å². The molecule has 1 unspecified atom stereocenters. The highest BCUT2D eigenvalue weighted by Crippen LogP contribution is 2.22. The third-order valence-corrected chi connectivity index (χ3v) is 4.08. The van der Waals surface area contributed by atoms with Crippen LogP contribution in [-0.4, -0.2) is 35.4 Å². The zero-order chi connectivity index (χ0) is 17.2. The zero-order valence-electron chi connectivity index (χ0n) is 13.4. The molecular weight excluding hydrogens is 318 g/mol. The van der Waals surface area contributed by atoms with Gasteiger partial charge in [0.1, 0.15) is 0 Å². The molecule has 8 heteroatoms. The highest BCUT2D eigenvalue weighted by atomic mass is 16.1. The number of H-pyrrole nitrogens is 2. The molecular formula is C17H15N7O. The van der Waals surface area contributed by atoms with Crippen LogP contribution in [0, 0.1) is 0 Å². The van der Waals surface area contributed by atoms with Crippen molar-refractivity contribution >= 4 is 0 Å². The van der Waals surface area contributed by atoms with E-state index in [0.29, 0.717) is 11.6 Å². The molecule has 1 aromatic carbocycles. The molecule has 8 nitrogen and oxygen atoms in total. The topological polar surface area (TPSA) is 105 Å². The van der Waals surface area contributed by atoms with Crippen molar-refractivity contribution < 1.29 is 0 Å². The highest BCUT2D eigenvalue weighted by Gasteiger charge is 2.14. The first kappa shape index (κ1) is 15.0. The monoisotopic (exact) mass is 333 g/mol. The van der Waals surface area contributed by atoms with Crippen LogP contribution in [0.5, 0.6) is 0 Å². The number of hydrogen-bond acceptors (Lipinski definition) is 5. The minimum absolute atomic E-state index is 0.0653. The van der Waals surface area contributed by atoms with E-state index in [4.69, 9.17) is 0 Å². The van der Waals surface area contributed by atoms with Crippen molar-refractivity contribution in [1.29, 1.82) is 0 Å². The molecule has 4 aromatic rings. The van der Waals surface area contributed by atoms with Crippen molar-refractivity contribution in [3.63, 3.8) is 0 Å². The summed E-state index contributed by atoms with van der Waals surface area (Å²) in [6.07, 6.45) is 1.61. The van der Waals surface area contributed by atoms with E-state index in [0.717, 1.165) is 16.8 Å². The predicted octanol–water partition coefficient (Wildman–Crippen LogP) is 1.89. The lowest BCUT2D eigenvalue weighted by molar-refractivity contribution is 0.766. The number of aromatic nitrogens is 7. The molecule has 0 aliphatic rings. The number of rotatable bonds is 4. The molecule has 0 saturated heterocycles. The second kappa shape index (κ2) is 6.16. The van der Waals surface area contributed by atoms with Gasteiger partial charge in [-0.25, -0.2) is 9.67 Å². The van der Waals surface area contributed by atoms with Crippen molar-refractivity contribution in [2.24, 2.45) is 0 Å². The summed E-state index contributed by atoms with van der Waals surface area (Å²) in [4.78, 5) is 16.7. The van der Waals surface area contributed by atoms with Crippen LogP contribution in [0.4, 0.5) is 0 Å². The van der Waals surface area contributed by atoms with Crippen LogP contribution < -0.4 is 5.56 Å². The maximum Gasteiger partial charge on any atom is 0.272 e. The number of nitrogens with zero attached hydrogens (tertiary/aromatic N) is 5. The highest BCUT2D eigenvalue weighted by molar-refractivity contribution is 5.55. The van der Waals surface area contributed by atoms with E-state index >= 15 is 0 Å². The van der Waals surface area contributed by atoms with Crippen molar-refractivity contribution in [3.05, 3.63) is 76.3 Å². The van der Waals surface area contributed by atoms with E-state index in [1.165, 1.54) is 4.68 Å². The number of nitrogens with one attached hydrogen (secondary N) is 2. The Kier molecular flexibility index (Phi) is 3.70. The first-order valence-corrected chi connectivity index (χ1v) is 7.79. The van der Waals surface area contributed by atoms with Crippen LogP contribution in [0.15, 0.2) is 59.5 Å². The van der Waals surface area contributed by atoms with Gasteiger partial charge in [-0.1, -0.05) is 37.3 Å². The summed E-state index contributed by atoms with van der Waals surface area (Å²) in [6.45, 7) is 2.05. The Labute approximate surface area is 142 Å². The lowest BCUT2D eigenvalue weighted by Gasteiger charge is -2.09. The van der Waals surface area contributed by atoms with Crippen LogP contribution in [0.2, 0.25) is 0 Å². The molecule has 3 aromatic heterocycles. The standard InChI is InChI=1S/C17H15N7O/c1-11(12-5-3-2-4-6-12)14-10-16(25)24(21-14)15-9-13(7-8-18-15)17-19-22-23-20-17/h2-11,21H,1H3,(H,19,20,22,23). The third kappa shape index (κ3) is 2.85. The van der Waals surface area contributed by atoms with E-state index in [1.807, 2.05) is 37.3 Å². The summed E-state index contributed by atoms with van der Waals surface area (Å²) in [5, 5.41) is 17.0. The van der Waals surface area contributed by atoms with Gasteiger partial charge in [-0.2, -0.15) is 5.21 Å². The Balaban J connectivity index is 1.72. The molecule has 0 saturated carbocycles. The largest absolute Gasteiger partial charge is 0.293 e. The quantitative estimate of drug-likeness (QED) is 0.593. The maximum absolute atomic E-state index is 12.4. The number of tetrazole rings is 1. The summed E-state index contributed by atoms with van der Waals surface area (Å²) < 4.78 is 1.42. The molecule has 0 aliphatic carbocycles. The molecule has 0 radical (unpaired) electrons. The Morgan fingerprint density at radius 3 is 2.72 bits per heavy atom. The van der Waals surface area contributed by atoms with Gasteiger partial charge in [0.25, 0.3) is 5.56 Å². The van der Waals surface area contributed by atoms with Crippen molar-refractivity contribution in [3.8, 4) is 17.2 Å². The Hall–Kier alpha value is -3.55. The van der Waals surface area contributed by atoms with Crippen molar-refractivity contribution in [1.82, 2.24) is 35.4 Å². The number of benzene rings is 1. The molecule has 25 heavy (non-hydrogen) atoms. The summed E-state index contributed by atoms with van der Waals surface area (Å²) in [7, 11) is 0. The van der Waals surface area contributed by atoms with E-state index in [1.54, 1.807) is 24.4 Å². The zero-order valence-corrected chi connectivity index (χ0v) is 13.4. The minimum Gasteiger partial charge on any atom is -0.293 e. The molecule has 3 heterocycles. The normalized spacial score (nSPS) is 12.2. The smallest absolute Gasteiger partial charge is 0.272 e. The molecule has 0 spiro atoms. The number of hydrogen-bond donors (Lipinski definition) is 2.